The van der Waals surface area contributed by atoms with Gasteiger partial charge in [0.25, 0.3) is 0 Å². The first kappa shape index (κ1) is 36.7. The number of esters is 1. The van der Waals surface area contributed by atoms with E-state index in [0.717, 1.165) is 25.7 Å². The van der Waals surface area contributed by atoms with Crippen molar-refractivity contribution in [2.75, 3.05) is 13.2 Å². The maximum absolute atomic E-state index is 12.5. The molecule has 3 unspecified atom stereocenters. The maximum Gasteiger partial charge on any atom is 0.513 e. The van der Waals surface area contributed by atoms with Gasteiger partial charge in [-0.25, -0.2) is 9.59 Å². The van der Waals surface area contributed by atoms with Gasteiger partial charge in [-0.15, -0.1) is 0 Å². The number of carboxylic acid groups (broad SMARTS) is 1. The van der Waals surface area contributed by atoms with Gasteiger partial charge in [-0.2, -0.15) is 0 Å². The highest BCUT2D eigenvalue weighted by atomic mass is 16.7. The fraction of sp³-hybridized carbons (Fsp3) is 0.677. The van der Waals surface area contributed by atoms with Crippen molar-refractivity contribution < 1.29 is 48.0 Å². The summed E-state index contributed by atoms with van der Waals surface area (Å²) in [5.41, 5.74) is 6.21. The summed E-state index contributed by atoms with van der Waals surface area (Å²) in [7, 11) is 0. The van der Waals surface area contributed by atoms with Crippen LogP contribution < -0.4 is 15.2 Å². The van der Waals surface area contributed by atoms with Gasteiger partial charge in [-0.05, 0) is 42.9 Å². The number of carbonyl (C=O) groups excluding carboxylic acids is 3. The Morgan fingerprint density at radius 2 is 1.38 bits per heavy atom. The molecule has 1 aromatic carbocycles. The molecular weight excluding hydrogens is 546 g/mol. The second kappa shape index (κ2) is 18.3. The molecular formula is C31H49NO10. The minimum atomic E-state index is -1.40. The molecule has 0 saturated heterocycles. The van der Waals surface area contributed by atoms with E-state index in [1.54, 1.807) is 13.8 Å². The number of unbranched alkanes of at least 4 members (excludes halogenated alkanes) is 4. The van der Waals surface area contributed by atoms with Crippen LogP contribution in [-0.2, 0) is 23.8 Å². The summed E-state index contributed by atoms with van der Waals surface area (Å²) in [4.78, 5) is 49.3. The Labute approximate surface area is 249 Å². The maximum atomic E-state index is 12.5. The first-order valence-corrected chi connectivity index (χ1v) is 14.7. The van der Waals surface area contributed by atoms with Gasteiger partial charge in [0.1, 0.15) is 12.1 Å². The molecule has 0 saturated carbocycles. The highest BCUT2D eigenvalue weighted by Crippen LogP contribution is 2.37. The lowest BCUT2D eigenvalue weighted by molar-refractivity contribution is -0.153. The second-order valence-corrected chi connectivity index (χ2v) is 11.7. The normalized spacial score (nSPS) is 14.2. The molecule has 11 nitrogen and oxygen atoms in total. The fourth-order valence-corrected chi connectivity index (χ4v) is 4.22. The van der Waals surface area contributed by atoms with Crippen LogP contribution in [0, 0.1) is 11.3 Å². The third-order valence-corrected chi connectivity index (χ3v) is 6.65. The van der Waals surface area contributed by atoms with Crippen molar-refractivity contribution in [1.29, 1.82) is 0 Å². The number of benzene rings is 1. The van der Waals surface area contributed by atoms with Crippen molar-refractivity contribution in [3.05, 3.63) is 23.8 Å². The molecule has 11 heteroatoms. The molecule has 0 radical (unpaired) electrons. The summed E-state index contributed by atoms with van der Waals surface area (Å²) in [6, 6.07) is 2.87. The molecule has 0 bridgehead atoms. The molecule has 0 fully saturated rings. The van der Waals surface area contributed by atoms with Gasteiger partial charge >= 0.3 is 24.2 Å². The van der Waals surface area contributed by atoms with Gasteiger partial charge in [0.15, 0.2) is 11.5 Å². The van der Waals surface area contributed by atoms with E-state index in [1.165, 1.54) is 18.2 Å². The Balaban J connectivity index is 3.33. The summed E-state index contributed by atoms with van der Waals surface area (Å²) >= 11 is 0. The minimum absolute atomic E-state index is 0.121. The summed E-state index contributed by atoms with van der Waals surface area (Å²) < 4.78 is 26.6. The largest absolute Gasteiger partial charge is 0.513 e. The van der Waals surface area contributed by atoms with Crippen LogP contribution in [0.4, 0.5) is 9.59 Å². The molecule has 238 valence electrons. The molecule has 1 rings (SSSR count). The van der Waals surface area contributed by atoms with E-state index in [1.807, 2.05) is 34.6 Å². The van der Waals surface area contributed by atoms with Crippen LogP contribution in [0.1, 0.15) is 105 Å². The summed E-state index contributed by atoms with van der Waals surface area (Å²) in [5.74, 6) is -3.42. The second-order valence-electron chi connectivity index (χ2n) is 11.7. The zero-order valence-electron chi connectivity index (χ0n) is 26.1. The van der Waals surface area contributed by atoms with Crippen LogP contribution >= 0.6 is 0 Å². The van der Waals surface area contributed by atoms with Crippen molar-refractivity contribution in [2.45, 2.75) is 111 Å². The Morgan fingerprint density at radius 3 is 1.86 bits per heavy atom. The van der Waals surface area contributed by atoms with Crippen molar-refractivity contribution >= 4 is 24.2 Å². The van der Waals surface area contributed by atoms with E-state index in [-0.39, 0.29) is 36.5 Å². The zero-order valence-corrected chi connectivity index (χ0v) is 26.1. The standard InChI is InChI=1S/C31H49NO10/c1-8-10-12-16-38-29(36)41-23-15-14-22(18-24(23)42-30(37)39-17-13-11-9-2)26(27(32)28(34)35)20(3)21(4)40-25(33)19-31(5,6)7/h14-15,18,20-21,26-27H,8-13,16-17,19,32H2,1-7H3,(H,34,35)/t20?,21?,26?,27-/m0/s1. The number of ether oxygens (including phenoxy) is 5. The molecule has 0 aliphatic carbocycles. The summed E-state index contributed by atoms with van der Waals surface area (Å²) in [5, 5.41) is 9.80. The third-order valence-electron chi connectivity index (χ3n) is 6.65. The van der Waals surface area contributed by atoms with E-state index in [4.69, 9.17) is 29.4 Å². The average molecular weight is 596 g/mol. The molecule has 3 N–H and O–H groups in total. The first-order chi connectivity index (χ1) is 19.7. The molecule has 1 aromatic rings. The SMILES string of the molecule is CCCCCOC(=O)Oc1ccc(C(C(C)C(C)OC(=O)CC(C)(C)C)[C@H](N)C(=O)O)cc1OC(=O)OCCCCC. The molecule has 0 aliphatic rings. The van der Waals surface area contributed by atoms with E-state index >= 15 is 0 Å². The fourth-order valence-electron chi connectivity index (χ4n) is 4.22. The van der Waals surface area contributed by atoms with E-state index in [9.17, 15) is 24.3 Å². The van der Waals surface area contributed by atoms with Crippen LogP contribution in [0.5, 0.6) is 11.5 Å². The van der Waals surface area contributed by atoms with Gasteiger partial charge in [-0.1, -0.05) is 73.3 Å². The topological polar surface area (TPSA) is 161 Å². The van der Waals surface area contributed by atoms with Crippen molar-refractivity contribution in [3.8, 4) is 11.5 Å². The predicted octanol–water partition coefficient (Wildman–Crippen LogP) is 6.60. The Hall–Kier alpha value is -3.34. The van der Waals surface area contributed by atoms with Gasteiger partial charge < -0.3 is 34.5 Å². The van der Waals surface area contributed by atoms with Gasteiger partial charge in [0.2, 0.25) is 0 Å². The van der Waals surface area contributed by atoms with Gasteiger partial charge in [-0.3, -0.25) is 9.59 Å². The first-order valence-electron chi connectivity index (χ1n) is 14.7. The van der Waals surface area contributed by atoms with E-state index in [2.05, 4.69) is 0 Å². The monoisotopic (exact) mass is 595 g/mol. The van der Waals surface area contributed by atoms with Crippen LogP contribution in [0.15, 0.2) is 18.2 Å². The number of carboxylic acids is 1. The molecule has 0 amide bonds. The lowest BCUT2D eigenvalue weighted by Crippen LogP contribution is -2.42. The molecule has 4 atom stereocenters. The highest BCUT2D eigenvalue weighted by Gasteiger charge is 2.36. The predicted molar refractivity (Wildman–Crippen MR) is 157 cm³/mol. The molecule has 0 spiro atoms. The van der Waals surface area contributed by atoms with E-state index in [0.29, 0.717) is 18.4 Å². The van der Waals surface area contributed by atoms with Crippen LogP contribution in [-0.4, -0.2) is 54.7 Å². The van der Waals surface area contributed by atoms with Crippen LogP contribution in [0.2, 0.25) is 0 Å². The lowest BCUT2D eigenvalue weighted by Gasteiger charge is -2.32. The summed E-state index contributed by atoms with van der Waals surface area (Å²) in [6.07, 6.45) is 2.45. The quantitative estimate of drug-likeness (QED) is 0.0864. The lowest BCUT2D eigenvalue weighted by atomic mass is 9.79. The Morgan fingerprint density at radius 1 is 0.857 bits per heavy atom. The molecule has 0 aliphatic heterocycles. The zero-order chi connectivity index (χ0) is 31.9. The highest BCUT2D eigenvalue weighted by molar-refractivity contribution is 5.75. The molecule has 0 aromatic heterocycles. The molecule has 42 heavy (non-hydrogen) atoms. The molecule has 0 heterocycles. The number of hydrogen-bond donors (Lipinski definition) is 2. The number of nitrogens with two attached hydrogens (primary N) is 1. The van der Waals surface area contributed by atoms with Gasteiger partial charge in [0.05, 0.1) is 19.6 Å². The number of rotatable bonds is 17. The average Bonchev–Trinajstić information content (AvgIpc) is 2.89. The van der Waals surface area contributed by atoms with Gasteiger partial charge in [0, 0.05) is 11.8 Å². The number of hydrogen-bond acceptors (Lipinski definition) is 10. The van der Waals surface area contributed by atoms with Crippen LogP contribution in [0.3, 0.4) is 0 Å². The van der Waals surface area contributed by atoms with E-state index < -0.39 is 48.2 Å². The van der Waals surface area contributed by atoms with Crippen molar-refractivity contribution in [1.82, 2.24) is 0 Å². The smallest absolute Gasteiger partial charge is 0.480 e. The Kier molecular flexibility index (Phi) is 15.9. The third kappa shape index (κ3) is 13.5. The Bertz CT molecular complexity index is 1020. The minimum Gasteiger partial charge on any atom is -0.480 e. The summed E-state index contributed by atoms with van der Waals surface area (Å²) in [6.45, 7) is 13.5. The van der Waals surface area contributed by atoms with Crippen molar-refractivity contribution in [2.24, 2.45) is 17.1 Å². The number of carbonyl (C=O) groups is 4. The van der Waals surface area contributed by atoms with Crippen LogP contribution in [0.25, 0.3) is 0 Å². The van der Waals surface area contributed by atoms with Crippen molar-refractivity contribution in [3.63, 3.8) is 0 Å². The number of aliphatic carboxylic acids is 1.